The van der Waals surface area contributed by atoms with Crippen LogP contribution in [0.3, 0.4) is 0 Å². The van der Waals surface area contributed by atoms with Gasteiger partial charge < -0.3 is 10.6 Å². The predicted octanol–water partition coefficient (Wildman–Crippen LogP) is 2.59. The van der Waals surface area contributed by atoms with Gasteiger partial charge in [-0.15, -0.1) is 0 Å². The van der Waals surface area contributed by atoms with E-state index >= 15 is 0 Å². The lowest BCUT2D eigenvalue weighted by molar-refractivity contribution is -0.119. The average molecular weight is 248 g/mol. The van der Waals surface area contributed by atoms with E-state index in [1.165, 1.54) is 5.56 Å². The molecule has 0 spiro atoms. The minimum absolute atomic E-state index is 0.136. The minimum Gasteiger partial charge on any atom is -0.330 e. The number of nitrogens with two attached hydrogens (primary N) is 1. The Kier molecular flexibility index (Phi) is 5.86. The van der Waals surface area contributed by atoms with Gasteiger partial charge in [-0.2, -0.15) is 0 Å². The van der Waals surface area contributed by atoms with E-state index in [9.17, 15) is 4.79 Å². The summed E-state index contributed by atoms with van der Waals surface area (Å²) in [5.74, 6) is 0.423. The molecule has 0 saturated heterocycles. The van der Waals surface area contributed by atoms with Crippen molar-refractivity contribution in [2.24, 2.45) is 11.7 Å². The molecule has 1 amide bonds. The van der Waals surface area contributed by atoms with Gasteiger partial charge >= 0.3 is 0 Å². The van der Waals surface area contributed by atoms with Crippen molar-refractivity contribution in [1.29, 1.82) is 0 Å². The zero-order valence-corrected chi connectivity index (χ0v) is 11.6. The number of aryl methyl sites for hydroxylation is 1. The summed E-state index contributed by atoms with van der Waals surface area (Å²) < 4.78 is 0. The molecule has 0 saturated carbocycles. The highest BCUT2D eigenvalue weighted by atomic mass is 16.2. The highest BCUT2D eigenvalue weighted by Crippen LogP contribution is 2.17. The number of amides is 1. The molecule has 1 aromatic rings. The zero-order valence-electron chi connectivity index (χ0n) is 11.6. The van der Waals surface area contributed by atoms with E-state index in [4.69, 9.17) is 5.73 Å². The number of carbonyl (C=O) groups is 1. The van der Waals surface area contributed by atoms with Crippen molar-refractivity contribution < 1.29 is 4.79 Å². The van der Waals surface area contributed by atoms with E-state index in [1.807, 2.05) is 19.2 Å². The highest BCUT2D eigenvalue weighted by Gasteiger charge is 2.15. The standard InChI is InChI=1S/C15H24N2O/c1-4-12-6-8-14(9-7-12)17(3)15(18)10-13(5-2)11-16/h6-9,13H,4-5,10-11,16H2,1-3H3. The molecule has 1 aromatic carbocycles. The van der Waals surface area contributed by atoms with Crippen molar-refractivity contribution in [3.63, 3.8) is 0 Å². The SMILES string of the molecule is CCc1ccc(N(C)C(=O)CC(CC)CN)cc1. The summed E-state index contributed by atoms with van der Waals surface area (Å²) in [5.41, 5.74) is 7.87. The van der Waals surface area contributed by atoms with Crippen LogP contribution in [0, 0.1) is 5.92 Å². The summed E-state index contributed by atoms with van der Waals surface area (Å²) in [6.45, 7) is 4.77. The Labute approximate surface area is 110 Å². The number of hydrogen-bond donors (Lipinski definition) is 1. The predicted molar refractivity (Wildman–Crippen MR) is 76.7 cm³/mol. The van der Waals surface area contributed by atoms with Crippen LogP contribution in [0.4, 0.5) is 5.69 Å². The Bertz CT molecular complexity index is 369. The molecular weight excluding hydrogens is 224 g/mol. The molecule has 100 valence electrons. The Morgan fingerprint density at radius 3 is 2.33 bits per heavy atom. The largest absolute Gasteiger partial charge is 0.330 e. The first kappa shape index (κ1) is 14.7. The van der Waals surface area contributed by atoms with Gasteiger partial charge in [-0.3, -0.25) is 4.79 Å². The van der Waals surface area contributed by atoms with Crippen LogP contribution in [-0.4, -0.2) is 19.5 Å². The zero-order chi connectivity index (χ0) is 13.5. The Morgan fingerprint density at radius 1 is 1.28 bits per heavy atom. The second kappa shape index (κ2) is 7.17. The molecule has 0 aliphatic heterocycles. The van der Waals surface area contributed by atoms with Crippen LogP contribution < -0.4 is 10.6 Å². The van der Waals surface area contributed by atoms with E-state index in [2.05, 4.69) is 26.0 Å². The van der Waals surface area contributed by atoms with Crippen molar-refractivity contribution in [3.05, 3.63) is 29.8 Å². The van der Waals surface area contributed by atoms with Crippen LogP contribution in [0.15, 0.2) is 24.3 Å². The van der Waals surface area contributed by atoms with Crippen LogP contribution in [-0.2, 0) is 11.2 Å². The van der Waals surface area contributed by atoms with Gasteiger partial charge in [0.25, 0.3) is 0 Å². The first-order valence-electron chi connectivity index (χ1n) is 6.67. The summed E-state index contributed by atoms with van der Waals surface area (Å²) in [6, 6.07) is 8.14. The summed E-state index contributed by atoms with van der Waals surface area (Å²) >= 11 is 0. The van der Waals surface area contributed by atoms with Gasteiger partial charge in [-0.05, 0) is 36.6 Å². The van der Waals surface area contributed by atoms with E-state index in [0.717, 1.165) is 18.5 Å². The highest BCUT2D eigenvalue weighted by molar-refractivity contribution is 5.92. The molecule has 1 unspecified atom stereocenters. The maximum absolute atomic E-state index is 12.1. The van der Waals surface area contributed by atoms with Gasteiger partial charge in [-0.25, -0.2) is 0 Å². The number of benzene rings is 1. The topological polar surface area (TPSA) is 46.3 Å². The van der Waals surface area contributed by atoms with Gasteiger partial charge in [0.15, 0.2) is 0 Å². The fourth-order valence-corrected chi connectivity index (χ4v) is 1.88. The molecule has 18 heavy (non-hydrogen) atoms. The molecule has 1 atom stereocenters. The third kappa shape index (κ3) is 3.84. The van der Waals surface area contributed by atoms with E-state index in [-0.39, 0.29) is 11.8 Å². The first-order valence-corrected chi connectivity index (χ1v) is 6.67. The monoisotopic (exact) mass is 248 g/mol. The molecule has 0 radical (unpaired) electrons. The summed E-state index contributed by atoms with van der Waals surface area (Å²) in [4.78, 5) is 13.8. The van der Waals surface area contributed by atoms with Crippen molar-refractivity contribution in [3.8, 4) is 0 Å². The van der Waals surface area contributed by atoms with Crippen LogP contribution >= 0.6 is 0 Å². The molecule has 0 aromatic heterocycles. The number of rotatable bonds is 6. The van der Waals surface area contributed by atoms with Gasteiger partial charge in [0.05, 0.1) is 0 Å². The minimum atomic E-state index is 0.136. The quantitative estimate of drug-likeness (QED) is 0.841. The van der Waals surface area contributed by atoms with Crippen molar-refractivity contribution in [2.75, 3.05) is 18.5 Å². The maximum atomic E-state index is 12.1. The number of carbonyl (C=O) groups excluding carboxylic acids is 1. The van der Waals surface area contributed by atoms with Gasteiger partial charge in [0, 0.05) is 19.2 Å². The molecule has 0 aliphatic rings. The smallest absolute Gasteiger partial charge is 0.227 e. The number of nitrogens with zero attached hydrogens (tertiary/aromatic N) is 1. The second-order valence-electron chi connectivity index (χ2n) is 4.69. The van der Waals surface area contributed by atoms with Gasteiger partial charge in [0.2, 0.25) is 5.91 Å². The lowest BCUT2D eigenvalue weighted by Gasteiger charge is -2.20. The van der Waals surface area contributed by atoms with Crippen LogP contribution in [0.25, 0.3) is 0 Å². The van der Waals surface area contributed by atoms with Crippen molar-refractivity contribution >= 4 is 11.6 Å². The third-order valence-electron chi connectivity index (χ3n) is 3.48. The van der Waals surface area contributed by atoms with Crippen LogP contribution in [0.1, 0.15) is 32.3 Å². The fourth-order valence-electron chi connectivity index (χ4n) is 1.88. The maximum Gasteiger partial charge on any atom is 0.227 e. The molecule has 0 bridgehead atoms. The van der Waals surface area contributed by atoms with Crippen molar-refractivity contribution in [1.82, 2.24) is 0 Å². The molecule has 3 nitrogen and oxygen atoms in total. The summed E-state index contributed by atoms with van der Waals surface area (Å²) in [6.07, 6.45) is 2.49. The summed E-state index contributed by atoms with van der Waals surface area (Å²) in [5, 5.41) is 0. The first-order chi connectivity index (χ1) is 8.62. The molecular formula is C15H24N2O. The second-order valence-corrected chi connectivity index (χ2v) is 4.69. The van der Waals surface area contributed by atoms with Crippen molar-refractivity contribution in [2.45, 2.75) is 33.1 Å². The lowest BCUT2D eigenvalue weighted by atomic mass is 10.0. The number of hydrogen-bond acceptors (Lipinski definition) is 2. The molecule has 0 fully saturated rings. The Balaban J connectivity index is 2.67. The van der Waals surface area contributed by atoms with Crippen LogP contribution in [0.5, 0.6) is 0 Å². The molecule has 3 heteroatoms. The van der Waals surface area contributed by atoms with E-state index in [0.29, 0.717) is 13.0 Å². The molecule has 0 aliphatic carbocycles. The third-order valence-corrected chi connectivity index (χ3v) is 3.48. The van der Waals surface area contributed by atoms with Crippen LogP contribution in [0.2, 0.25) is 0 Å². The van der Waals surface area contributed by atoms with E-state index in [1.54, 1.807) is 4.90 Å². The Morgan fingerprint density at radius 2 is 1.89 bits per heavy atom. The van der Waals surface area contributed by atoms with E-state index < -0.39 is 0 Å². The lowest BCUT2D eigenvalue weighted by Crippen LogP contribution is -2.30. The van der Waals surface area contributed by atoms with Gasteiger partial charge in [0.1, 0.15) is 0 Å². The normalized spacial score (nSPS) is 12.2. The average Bonchev–Trinajstić information content (AvgIpc) is 2.43. The summed E-state index contributed by atoms with van der Waals surface area (Å²) in [7, 11) is 1.83. The van der Waals surface area contributed by atoms with Gasteiger partial charge in [-0.1, -0.05) is 32.4 Å². The molecule has 1 rings (SSSR count). The Hall–Kier alpha value is -1.35. The molecule has 0 heterocycles. The molecule has 2 N–H and O–H groups in total. The number of anilines is 1. The fraction of sp³-hybridized carbons (Fsp3) is 0.533.